The number of benzene rings is 2. The zero-order chi connectivity index (χ0) is 13.2. The van der Waals surface area contributed by atoms with Crippen molar-refractivity contribution in [1.82, 2.24) is 0 Å². The second-order valence-electron chi connectivity index (χ2n) is 4.44. The van der Waals surface area contributed by atoms with Crippen molar-refractivity contribution >= 4 is 11.8 Å². The van der Waals surface area contributed by atoms with Gasteiger partial charge in [0.15, 0.2) is 11.6 Å². The maximum absolute atomic E-state index is 13.4. The van der Waals surface area contributed by atoms with E-state index < -0.39 is 11.6 Å². The molecule has 4 heteroatoms. The molecule has 0 bridgehead atoms. The predicted octanol–water partition coefficient (Wildman–Crippen LogP) is 4.06. The molecule has 1 aliphatic rings. The molecule has 98 valence electrons. The molecule has 0 aromatic heterocycles. The van der Waals surface area contributed by atoms with Crippen LogP contribution in [0.3, 0.4) is 0 Å². The summed E-state index contributed by atoms with van der Waals surface area (Å²) in [4.78, 5) is 1.26. The molecule has 2 aromatic rings. The smallest absolute Gasteiger partial charge is 0.167 e. The van der Waals surface area contributed by atoms with Crippen LogP contribution in [-0.4, -0.2) is 11.9 Å². The molecule has 3 rings (SSSR count). The van der Waals surface area contributed by atoms with Crippen LogP contribution in [0.4, 0.5) is 8.78 Å². The number of fused-ring (bicyclic) bond motifs is 1. The quantitative estimate of drug-likeness (QED) is 0.837. The number of thioether (sulfide) groups is 1. The van der Waals surface area contributed by atoms with E-state index in [1.807, 2.05) is 12.1 Å². The molecule has 1 unspecified atom stereocenters. The molecule has 0 aliphatic carbocycles. The van der Waals surface area contributed by atoms with Crippen molar-refractivity contribution in [3.63, 3.8) is 0 Å². The Morgan fingerprint density at radius 1 is 1.16 bits per heavy atom. The third-order valence-corrected chi connectivity index (χ3v) is 4.32. The zero-order valence-corrected chi connectivity index (χ0v) is 10.9. The van der Waals surface area contributed by atoms with Gasteiger partial charge in [0.05, 0.1) is 0 Å². The number of ether oxygens (including phenoxy) is 1. The first-order valence-electron chi connectivity index (χ1n) is 6.05. The third kappa shape index (κ3) is 2.73. The maximum atomic E-state index is 13.4. The fraction of sp³-hybridized carbons (Fsp3) is 0.200. The third-order valence-electron chi connectivity index (χ3n) is 3.03. The monoisotopic (exact) mass is 278 g/mol. The van der Waals surface area contributed by atoms with Crippen LogP contribution in [0.2, 0.25) is 0 Å². The summed E-state index contributed by atoms with van der Waals surface area (Å²) in [5, 5.41) is 0.279. The van der Waals surface area contributed by atoms with E-state index in [-0.39, 0.29) is 11.0 Å². The lowest BCUT2D eigenvalue weighted by Crippen LogP contribution is -2.14. The van der Waals surface area contributed by atoms with Gasteiger partial charge in [-0.05, 0) is 30.2 Å². The van der Waals surface area contributed by atoms with Crippen molar-refractivity contribution in [3.8, 4) is 5.75 Å². The molecule has 1 nitrogen and oxygen atoms in total. The summed E-state index contributed by atoms with van der Waals surface area (Å²) in [5.41, 5.74) is 1.31. The molecule has 0 saturated carbocycles. The van der Waals surface area contributed by atoms with Crippen LogP contribution in [0.1, 0.15) is 5.56 Å². The number of rotatable bonds is 3. The fourth-order valence-electron chi connectivity index (χ4n) is 2.12. The largest absolute Gasteiger partial charge is 0.489 e. The first kappa shape index (κ1) is 12.5. The van der Waals surface area contributed by atoms with E-state index in [9.17, 15) is 8.78 Å². The molecule has 1 aliphatic heterocycles. The van der Waals surface area contributed by atoms with Crippen LogP contribution in [-0.2, 0) is 6.42 Å². The Kier molecular flexibility index (Phi) is 3.42. The van der Waals surface area contributed by atoms with Crippen LogP contribution >= 0.6 is 11.8 Å². The molecule has 0 fully saturated rings. The van der Waals surface area contributed by atoms with E-state index in [1.165, 1.54) is 22.6 Å². The molecule has 0 N–H and O–H groups in total. The summed E-state index contributed by atoms with van der Waals surface area (Å²) in [6.45, 7) is 0.419. The van der Waals surface area contributed by atoms with Crippen LogP contribution in [0.5, 0.6) is 5.75 Å². The summed E-state index contributed by atoms with van der Waals surface area (Å²) < 4.78 is 31.6. The highest BCUT2D eigenvalue weighted by Gasteiger charge is 2.22. The van der Waals surface area contributed by atoms with E-state index in [4.69, 9.17) is 4.74 Å². The minimum Gasteiger partial charge on any atom is -0.489 e. The molecule has 1 heterocycles. The number of halogens is 2. The van der Waals surface area contributed by atoms with Crippen LogP contribution < -0.4 is 4.74 Å². The average molecular weight is 278 g/mol. The highest BCUT2D eigenvalue weighted by Crippen LogP contribution is 2.37. The molecule has 0 amide bonds. The van der Waals surface area contributed by atoms with Gasteiger partial charge in [-0.2, -0.15) is 0 Å². The highest BCUT2D eigenvalue weighted by molar-refractivity contribution is 8.00. The minimum absolute atomic E-state index is 0.109. The molecule has 19 heavy (non-hydrogen) atoms. The summed E-state index contributed by atoms with van der Waals surface area (Å²) in [5.74, 6) is -1.13. The van der Waals surface area contributed by atoms with Gasteiger partial charge in [0.2, 0.25) is 0 Å². The number of hydrogen-bond donors (Lipinski definition) is 0. The first-order chi connectivity index (χ1) is 9.22. The van der Waals surface area contributed by atoms with Gasteiger partial charge in [-0.25, -0.2) is 8.78 Å². The SMILES string of the molecule is Fc1ccc(OCC2Cc3ccccc3S2)c(F)c1. The van der Waals surface area contributed by atoms with Gasteiger partial charge in [0.1, 0.15) is 12.4 Å². The second-order valence-corrected chi connectivity index (χ2v) is 5.78. The van der Waals surface area contributed by atoms with Crippen molar-refractivity contribution in [2.45, 2.75) is 16.6 Å². The Balaban J connectivity index is 1.63. The average Bonchev–Trinajstić information content (AvgIpc) is 2.80. The Bertz CT molecular complexity index is 575. The standard InChI is InChI=1S/C15H12F2OS/c16-11-5-6-14(13(17)8-11)18-9-12-7-10-3-1-2-4-15(10)19-12/h1-6,8,12H,7,9H2. The maximum Gasteiger partial charge on any atom is 0.167 e. The van der Waals surface area contributed by atoms with Crippen LogP contribution in [0.15, 0.2) is 47.4 Å². The van der Waals surface area contributed by atoms with Gasteiger partial charge < -0.3 is 4.74 Å². The minimum atomic E-state index is -0.652. The lowest BCUT2D eigenvalue weighted by Gasteiger charge is -2.11. The molecular formula is C15H12F2OS. The van der Waals surface area contributed by atoms with Crippen LogP contribution in [0, 0.1) is 11.6 Å². The molecule has 0 saturated heterocycles. The van der Waals surface area contributed by atoms with E-state index in [2.05, 4.69) is 12.1 Å². The first-order valence-corrected chi connectivity index (χ1v) is 6.93. The predicted molar refractivity (Wildman–Crippen MR) is 71.6 cm³/mol. The molecule has 1 atom stereocenters. The Hall–Kier alpha value is -1.55. The Morgan fingerprint density at radius 2 is 2.00 bits per heavy atom. The van der Waals surface area contributed by atoms with E-state index in [0.29, 0.717) is 6.61 Å². The Morgan fingerprint density at radius 3 is 2.79 bits per heavy atom. The van der Waals surface area contributed by atoms with Crippen molar-refractivity contribution < 1.29 is 13.5 Å². The van der Waals surface area contributed by atoms with Gasteiger partial charge in [-0.1, -0.05) is 18.2 Å². The number of hydrogen-bond acceptors (Lipinski definition) is 2. The molecular weight excluding hydrogens is 266 g/mol. The topological polar surface area (TPSA) is 9.23 Å². The van der Waals surface area contributed by atoms with Gasteiger partial charge in [-0.3, -0.25) is 0 Å². The summed E-state index contributed by atoms with van der Waals surface area (Å²) in [7, 11) is 0. The summed E-state index contributed by atoms with van der Waals surface area (Å²) >= 11 is 1.74. The van der Waals surface area contributed by atoms with Gasteiger partial charge in [0, 0.05) is 16.2 Å². The van der Waals surface area contributed by atoms with Crippen molar-refractivity contribution in [2.75, 3.05) is 6.61 Å². The van der Waals surface area contributed by atoms with E-state index in [1.54, 1.807) is 11.8 Å². The van der Waals surface area contributed by atoms with Gasteiger partial charge >= 0.3 is 0 Å². The summed E-state index contributed by atoms with van der Waals surface area (Å²) in [6.07, 6.45) is 0.920. The van der Waals surface area contributed by atoms with Crippen molar-refractivity contribution in [1.29, 1.82) is 0 Å². The van der Waals surface area contributed by atoms with E-state index >= 15 is 0 Å². The van der Waals surface area contributed by atoms with Crippen LogP contribution in [0.25, 0.3) is 0 Å². The lowest BCUT2D eigenvalue weighted by atomic mass is 10.1. The van der Waals surface area contributed by atoms with Gasteiger partial charge in [-0.15, -0.1) is 11.8 Å². The second kappa shape index (κ2) is 5.21. The highest BCUT2D eigenvalue weighted by atomic mass is 32.2. The molecule has 0 spiro atoms. The fourth-order valence-corrected chi connectivity index (χ4v) is 3.34. The Labute approximate surface area is 114 Å². The van der Waals surface area contributed by atoms with Gasteiger partial charge in [0.25, 0.3) is 0 Å². The van der Waals surface area contributed by atoms with Crippen molar-refractivity contribution in [2.24, 2.45) is 0 Å². The lowest BCUT2D eigenvalue weighted by molar-refractivity contribution is 0.300. The molecule has 0 radical (unpaired) electrons. The normalized spacial score (nSPS) is 17.3. The van der Waals surface area contributed by atoms with E-state index in [0.717, 1.165) is 12.5 Å². The zero-order valence-electron chi connectivity index (χ0n) is 10.1. The van der Waals surface area contributed by atoms with Crippen molar-refractivity contribution in [3.05, 3.63) is 59.7 Å². The molecule has 2 aromatic carbocycles. The summed E-state index contributed by atoms with van der Waals surface area (Å²) in [6, 6.07) is 11.6.